The predicted molar refractivity (Wildman–Crippen MR) is 94.0 cm³/mol. The van der Waals surface area contributed by atoms with Crippen LogP contribution in [0.5, 0.6) is 0 Å². The predicted octanol–water partition coefficient (Wildman–Crippen LogP) is 1.76. The van der Waals surface area contributed by atoms with Crippen LogP contribution < -0.4 is 5.32 Å². The van der Waals surface area contributed by atoms with E-state index in [0.29, 0.717) is 11.8 Å². The number of esters is 1. The third-order valence-corrected chi connectivity index (χ3v) is 6.53. The van der Waals surface area contributed by atoms with Crippen LogP contribution in [0.4, 0.5) is 4.79 Å². The number of hydrogen-bond donors (Lipinski definition) is 1. The lowest BCUT2D eigenvalue weighted by Gasteiger charge is -2.54. The molecule has 1 aliphatic carbocycles. The zero-order valence-corrected chi connectivity index (χ0v) is 15.1. The first-order chi connectivity index (χ1) is 12.2. The number of amides is 2. The van der Waals surface area contributed by atoms with E-state index in [-0.39, 0.29) is 18.6 Å². The molecule has 0 radical (unpaired) electrons. The fourth-order valence-electron chi connectivity index (χ4n) is 5.52. The molecule has 4 atom stereocenters. The zero-order valence-electron chi connectivity index (χ0n) is 15.1. The highest BCUT2D eigenvalue weighted by atomic mass is 16.5. The SMILES string of the molecule is COC(=O)CNC(=O)N1CCCC2=C[C@@H]3C[C@H](CN4CCCC[C@@H]34)[C@H]21. The fraction of sp³-hybridized carbons (Fsp3) is 0.789. The molecule has 6 nitrogen and oxygen atoms in total. The van der Waals surface area contributed by atoms with E-state index in [1.807, 2.05) is 4.90 Å². The maximum Gasteiger partial charge on any atom is 0.325 e. The van der Waals surface area contributed by atoms with Crippen molar-refractivity contribution >= 4 is 12.0 Å². The molecule has 25 heavy (non-hydrogen) atoms. The molecule has 3 aliphatic heterocycles. The average molecular weight is 347 g/mol. The molecule has 2 bridgehead atoms. The van der Waals surface area contributed by atoms with Crippen LogP contribution in [0.1, 0.15) is 38.5 Å². The average Bonchev–Trinajstić information content (AvgIpc) is 2.65. The molecule has 6 heteroatoms. The number of carbonyl (C=O) groups excluding carboxylic acids is 2. The minimum atomic E-state index is -0.404. The van der Waals surface area contributed by atoms with E-state index in [4.69, 9.17) is 0 Å². The smallest absolute Gasteiger partial charge is 0.325 e. The molecule has 0 saturated carbocycles. The highest BCUT2D eigenvalue weighted by Crippen LogP contribution is 2.44. The van der Waals surface area contributed by atoms with E-state index in [9.17, 15) is 9.59 Å². The Kier molecular flexibility index (Phi) is 4.71. The minimum Gasteiger partial charge on any atom is -0.468 e. The van der Waals surface area contributed by atoms with E-state index in [1.165, 1.54) is 44.9 Å². The standard InChI is InChI=1S/C19H29N3O3/c1-25-17(23)11-20-19(24)22-8-4-5-13-9-14-10-15(18(13)22)12-21-7-3-2-6-16(14)21/h9,14-16,18H,2-8,10-12H2,1H3,(H,20,24)/t14-,15-,16+,18+/m1/s1. The molecular weight excluding hydrogens is 318 g/mol. The van der Waals surface area contributed by atoms with Gasteiger partial charge in [-0.3, -0.25) is 9.69 Å². The summed E-state index contributed by atoms with van der Waals surface area (Å²) in [6.07, 6.45) is 9.83. The van der Waals surface area contributed by atoms with Crippen molar-refractivity contribution in [3.8, 4) is 0 Å². The van der Waals surface area contributed by atoms with E-state index in [2.05, 4.69) is 21.0 Å². The number of hydrogen-bond acceptors (Lipinski definition) is 4. The molecule has 4 rings (SSSR count). The van der Waals surface area contributed by atoms with Gasteiger partial charge in [-0.05, 0) is 50.5 Å². The number of urea groups is 1. The summed E-state index contributed by atoms with van der Waals surface area (Å²) in [5, 5.41) is 2.74. The first-order valence-electron chi connectivity index (χ1n) is 9.73. The Morgan fingerprint density at radius 1 is 1.28 bits per heavy atom. The number of carbonyl (C=O) groups is 2. The lowest BCUT2D eigenvalue weighted by Crippen LogP contribution is -2.61. The summed E-state index contributed by atoms with van der Waals surface area (Å²) < 4.78 is 4.63. The Hall–Kier alpha value is -1.56. The number of piperidine rings is 3. The zero-order chi connectivity index (χ0) is 17.4. The van der Waals surface area contributed by atoms with Gasteiger partial charge in [0.1, 0.15) is 6.54 Å². The second-order valence-corrected chi connectivity index (χ2v) is 7.94. The third-order valence-electron chi connectivity index (χ3n) is 6.53. The third kappa shape index (κ3) is 3.16. The first kappa shape index (κ1) is 16.9. The molecule has 0 aromatic carbocycles. The Morgan fingerprint density at radius 3 is 3.00 bits per heavy atom. The number of methoxy groups -OCH3 is 1. The molecule has 0 aromatic rings. The minimum absolute atomic E-state index is 0.0565. The number of rotatable bonds is 2. The summed E-state index contributed by atoms with van der Waals surface area (Å²) in [5.41, 5.74) is 1.46. The van der Waals surface area contributed by atoms with Gasteiger partial charge in [0.2, 0.25) is 0 Å². The summed E-state index contributed by atoms with van der Waals surface area (Å²) in [5.74, 6) is 0.797. The summed E-state index contributed by atoms with van der Waals surface area (Å²) in [6.45, 7) is 3.05. The van der Waals surface area contributed by atoms with Crippen molar-refractivity contribution in [2.45, 2.75) is 50.6 Å². The first-order valence-corrected chi connectivity index (χ1v) is 9.73. The monoisotopic (exact) mass is 347 g/mol. The highest BCUT2D eigenvalue weighted by molar-refractivity contribution is 5.81. The molecule has 3 saturated heterocycles. The van der Waals surface area contributed by atoms with Gasteiger partial charge in [0.15, 0.2) is 0 Å². The maximum atomic E-state index is 12.7. The van der Waals surface area contributed by atoms with Crippen LogP contribution in [-0.2, 0) is 9.53 Å². The molecule has 4 aliphatic rings. The summed E-state index contributed by atoms with van der Waals surface area (Å²) in [6, 6.07) is 0.813. The van der Waals surface area contributed by atoms with E-state index < -0.39 is 5.97 Å². The molecule has 0 unspecified atom stereocenters. The van der Waals surface area contributed by atoms with Gasteiger partial charge < -0.3 is 15.0 Å². The largest absolute Gasteiger partial charge is 0.468 e. The van der Waals surface area contributed by atoms with Gasteiger partial charge in [0, 0.05) is 19.1 Å². The Morgan fingerprint density at radius 2 is 2.16 bits per heavy atom. The maximum absolute atomic E-state index is 12.7. The Labute approximate surface area is 149 Å². The van der Waals surface area contributed by atoms with Crippen molar-refractivity contribution in [3.05, 3.63) is 11.6 Å². The second kappa shape index (κ2) is 6.98. The van der Waals surface area contributed by atoms with Crippen molar-refractivity contribution in [3.63, 3.8) is 0 Å². The van der Waals surface area contributed by atoms with Crippen LogP contribution in [0.3, 0.4) is 0 Å². The number of nitrogens with one attached hydrogen (secondary N) is 1. The van der Waals surface area contributed by atoms with Gasteiger partial charge in [-0.1, -0.05) is 18.1 Å². The Bertz CT molecular complexity index is 576. The fourth-order valence-corrected chi connectivity index (χ4v) is 5.52. The lowest BCUT2D eigenvalue weighted by molar-refractivity contribution is -0.139. The van der Waals surface area contributed by atoms with Gasteiger partial charge in [0.05, 0.1) is 13.2 Å². The summed E-state index contributed by atoms with van der Waals surface area (Å²) in [7, 11) is 1.34. The molecule has 138 valence electrons. The van der Waals surface area contributed by atoms with Crippen molar-refractivity contribution in [1.29, 1.82) is 0 Å². The molecular formula is C19H29N3O3. The van der Waals surface area contributed by atoms with Gasteiger partial charge in [-0.2, -0.15) is 0 Å². The van der Waals surface area contributed by atoms with Crippen LogP contribution in [-0.4, -0.2) is 67.2 Å². The quantitative estimate of drug-likeness (QED) is 0.611. The van der Waals surface area contributed by atoms with Crippen LogP contribution in [0.2, 0.25) is 0 Å². The molecule has 0 aromatic heterocycles. The van der Waals surface area contributed by atoms with Crippen molar-refractivity contribution in [2.24, 2.45) is 11.8 Å². The van der Waals surface area contributed by atoms with Crippen LogP contribution in [0.25, 0.3) is 0 Å². The number of likely N-dealkylation sites (tertiary alicyclic amines) is 1. The van der Waals surface area contributed by atoms with Crippen LogP contribution in [0, 0.1) is 11.8 Å². The molecule has 3 fully saturated rings. The van der Waals surface area contributed by atoms with Crippen molar-refractivity contribution < 1.29 is 14.3 Å². The molecule has 3 heterocycles. The molecule has 0 spiro atoms. The van der Waals surface area contributed by atoms with Gasteiger partial charge in [-0.15, -0.1) is 0 Å². The van der Waals surface area contributed by atoms with Crippen molar-refractivity contribution in [2.75, 3.05) is 33.3 Å². The number of ether oxygens (including phenoxy) is 1. The van der Waals surface area contributed by atoms with Crippen molar-refractivity contribution in [1.82, 2.24) is 15.1 Å². The normalized spacial score (nSPS) is 34.4. The van der Waals surface area contributed by atoms with Crippen LogP contribution >= 0.6 is 0 Å². The van der Waals surface area contributed by atoms with Gasteiger partial charge in [-0.25, -0.2) is 4.79 Å². The Balaban J connectivity index is 1.51. The molecule has 1 N–H and O–H groups in total. The van der Waals surface area contributed by atoms with Gasteiger partial charge >= 0.3 is 12.0 Å². The summed E-state index contributed by atoms with van der Waals surface area (Å²) in [4.78, 5) is 28.7. The second-order valence-electron chi connectivity index (χ2n) is 7.94. The topological polar surface area (TPSA) is 61.9 Å². The number of fused-ring (bicyclic) bond motifs is 6. The summed E-state index contributed by atoms with van der Waals surface area (Å²) >= 11 is 0. The van der Waals surface area contributed by atoms with E-state index in [0.717, 1.165) is 32.0 Å². The number of nitrogens with zero attached hydrogens (tertiary/aromatic N) is 2. The van der Waals surface area contributed by atoms with E-state index in [1.54, 1.807) is 0 Å². The van der Waals surface area contributed by atoms with E-state index >= 15 is 0 Å². The van der Waals surface area contributed by atoms with Crippen LogP contribution in [0.15, 0.2) is 11.6 Å². The highest BCUT2D eigenvalue weighted by Gasteiger charge is 2.46. The van der Waals surface area contributed by atoms with Gasteiger partial charge in [0.25, 0.3) is 0 Å². The lowest BCUT2D eigenvalue weighted by atomic mass is 9.68. The molecule has 2 amide bonds.